The van der Waals surface area contributed by atoms with Gasteiger partial charge in [0.1, 0.15) is 18.0 Å². The van der Waals surface area contributed by atoms with Gasteiger partial charge in [0.25, 0.3) is 5.91 Å². The highest BCUT2D eigenvalue weighted by molar-refractivity contribution is 6.32. The number of hydrogen-bond acceptors (Lipinski definition) is 4. The van der Waals surface area contributed by atoms with Crippen molar-refractivity contribution in [2.75, 3.05) is 23.0 Å². The number of nitrogens with zero attached hydrogens (tertiary/aromatic N) is 3. The second-order valence-corrected chi connectivity index (χ2v) is 9.02. The number of benzene rings is 3. The molecule has 0 bridgehead atoms. The molecule has 0 aliphatic carbocycles. The van der Waals surface area contributed by atoms with E-state index in [4.69, 9.17) is 16.3 Å². The van der Waals surface area contributed by atoms with Crippen LogP contribution in [0.5, 0.6) is 5.75 Å². The number of hydrazone groups is 1. The summed E-state index contributed by atoms with van der Waals surface area (Å²) in [6.45, 7) is 7.02. The molecule has 0 spiro atoms. The second kappa shape index (κ2) is 11.4. The number of halogens is 6. The number of carbonyl (C=O) groups excluding carboxylic acids is 1. The first-order valence-corrected chi connectivity index (χ1v) is 12.3. The van der Waals surface area contributed by atoms with Crippen LogP contribution in [0.3, 0.4) is 0 Å². The van der Waals surface area contributed by atoms with Crippen LogP contribution in [0.2, 0.25) is 5.02 Å². The number of amides is 1. The molecule has 5 nitrogen and oxygen atoms in total. The minimum atomic E-state index is -2.33. The first kappa shape index (κ1) is 28.1. The Morgan fingerprint density at radius 1 is 0.923 bits per heavy atom. The normalized spacial score (nSPS) is 14.3. The minimum Gasteiger partial charge on any atom is -0.488 e. The summed E-state index contributed by atoms with van der Waals surface area (Å²) in [7, 11) is 0. The van der Waals surface area contributed by atoms with Crippen molar-refractivity contribution in [3.05, 3.63) is 93.3 Å². The van der Waals surface area contributed by atoms with Gasteiger partial charge in [-0.2, -0.15) is 10.1 Å². The lowest BCUT2D eigenvalue weighted by molar-refractivity contribution is -0.114. The maximum absolute atomic E-state index is 14.4. The van der Waals surface area contributed by atoms with Crippen LogP contribution in [0.4, 0.5) is 33.3 Å². The van der Waals surface area contributed by atoms with E-state index < -0.39 is 40.7 Å². The number of hydrogen-bond donors (Lipinski definition) is 0. The zero-order valence-electron chi connectivity index (χ0n) is 21.2. The third-order valence-corrected chi connectivity index (χ3v) is 6.45. The highest BCUT2D eigenvalue weighted by Crippen LogP contribution is 2.35. The molecule has 4 rings (SSSR count). The van der Waals surface area contributed by atoms with E-state index >= 15 is 0 Å². The molecule has 0 N–H and O–H groups in total. The molecular formula is C28H23ClF5N3O2. The standard InChI is InChI=1S/C28H23ClF5N3O2/c1-4-36(5-2)19-11-8-17(21(13-19)39-14-16-6-9-18(29)10-7-16)12-20-15(3)35-37(28(20)38)27-25(33)23(31)22(30)24(32)26(27)34/h6-13H,4-5,14H2,1-3H3/b20-12-. The van der Waals surface area contributed by atoms with Gasteiger partial charge in [-0.15, -0.1) is 0 Å². The lowest BCUT2D eigenvalue weighted by atomic mass is 10.1. The van der Waals surface area contributed by atoms with Gasteiger partial charge in [0.2, 0.25) is 5.82 Å². The molecule has 3 aromatic rings. The number of rotatable bonds is 8. The quantitative estimate of drug-likeness (QED) is 0.125. The van der Waals surface area contributed by atoms with Crippen molar-refractivity contribution < 1.29 is 31.5 Å². The molecule has 11 heteroatoms. The van der Waals surface area contributed by atoms with Gasteiger partial charge in [-0.1, -0.05) is 23.7 Å². The van der Waals surface area contributed by atoms with Crippen LogP contribution in [0.25, 0.3) is 6.08 Å². The Bertz CT molecular complexity index is 1460. The monoisotopic (exact) mass is 563 g/mol. The van der Waals surface area contributed by atoms with Gasteiger partial charge >= 0.3 is 0 Å². The minimum absolute atomic E-state index is 0.0143. The molecule has 0 saturated carbocycles. The molecule has 0 fully saturated rings. The summed E-state index contributed by atoms with van der Waals surface area (Å²) in [5, 5.41) is 4.54. The average Bonchev–Trinajstić information content (AvgIpc) is 3.20. The summed E-state index contributed by atoms with van der Waals surface area (Å²) >= 11 is 5.96. The van der Waals surface area contributed by atoms with Crippen LogP contribution < -0.4 is 14.6 Å². The van der Waals surface area contributed by atoms with Crippen LogP contribution in [-0.2, 0) is 11.4 Å². The summed E-state index contributed by atoms with van der Waals surface area (Å²) in [5.41, 5.74) is 0.594. The zero-order chi connectivity index (χ0) is 28.4. The summed E-state index contributed by atoms with van der Waals surface area (Å²) in [6.07, 6.45) is 1.40. The summed E-state index contributed by atoms with van der Waals surface area (Å²) in [5.74, 6) is -11.7. The van der Waals surface area contributed by atoms with Crippen LogP contribution in [0.1, 0.15) is 31.9 Å². The summed E-state index contributed by atoms with van der Waals surface area (Å²) < 4.78 is 76.0. The van der Waals surface area contributed by atoms with Crippen molar-refractivity contribution in [3.8, 4) is 5.75 Å². The topological polar surface area (TPSA) is 45.1 Å². The fourth-order valence-electron chi connectivity index (χ4n) is 4.07. The smallest absolute Gasteiger partial charge is 0.280 e. The third-order valence-electron chi connectivity index (χ3n) is 6.19. The summed E-state index contributed by atoms with van der Waals surface area (Å²) in [4.78, 5) is 15.2. The summed E-state index contributed by atoms with van der Waals surface area (Å²) in [6, 6.07) is 12.4. The van der Waals surface area contributed by atoms with Gasteiger partial charge in [0, 0.05) is 35.4 Å². The molecule has 1 aliphatic heterocycles. The maximum Gasteiger partial charge on any atom is 0.280 e. The van der Waals surface area contributed by atoms with E-state index in [1.807, 2.05) is 19.9 Å². The lowest BCUT2D eigenvalue weighted by Crippen LogP contribution is -2.25. The van der Waals surface area contributed by atoms with Gasteiger partial charge < -0.3 is 9.64 Å². The average molecular weight is 564 g/mol. The van der Waals surface area contributed by atoms with Crippen molar-refractivity contribution in [1.82, 2.24) is 0 Å². The van der Waals surface area contributed by atoms with Gasteiger partial charge in [0.05, 0.1) is 11.3 Å². The Kier molecular flexibility index (Phi) is 8.25. The number of carbonyl (C=O) groups is 1. The van der Waals surface area contributed by atoms with Gasteiger partial charge in [-0.3, -0.25) is 4.79 Å². The number of anilines is 2. The predicted molar refractivity (Wildman–Crippen MR) is 141 cm³/mol. The highest BCUT2D eigenvalue weighted by atomic mass is 35.5. The number of ether oxygens (including phenoxy) is 1. The fourth-order valence-corrected chi connectivity index (χ4v) is 4.19. The van der Waals surface area contributed by atoms with Crippen LogP contribution in [0.15, 0.2) is 53.1 Å². The molecule has 204 valence electrons. The molecular weight excluding hydrogens is 541 g/mol. The van der Waals surface area contributed by atoms with Crippen molar-refractivity contribution in [2.24, 2.45) is 5.10 Å². The van der Waals surface area contributed by atoms with Crippen LogP contribution in [0, 0.1) is 29.1 Å². The van der Waals surface area contributed by atoms with Crippen molar-refractivity contribution in [1.29, 1.82) is 0 Å². The van der Waals surface area contributed by atoms with Crippen molar-refractivity contribution in [2.45, 2.75) is 27.4 Å². The van der Waals surface area contributed by atoms with E-state index in [1.165, 1.54) is 13.0 Å². The molecule has 0 unspecified atom stereocenters. The molecule has 3 aromatic carbocycles. The third kappa shape index (κ3) is 5.47. The van der Waals surface area contributed by atoms with E-state index in [2.05, 4.69) is 10.0 Å². The zero-order valence-corrected chi connectivity index (χ0v) is 21.9. The predicted octanol–water partition coefficient (Wildman–Crippen LogP) is 7.27. The SMILES string of the molecule is CCN(CC)c1ccc(/C=C2\C(=O)N(c3c(F)c(F)c(F)c(F)c3F)N=C2C)c(OCc2ccc(Cl)cc2)c1. The van der Waals surface area contributed by atoms with Gasteiger partial charge in [-0.05, 0) is 56.7 Å². The van der Waals surface area contributed by atoms with Crippen molar-refractivity contribution >= 4 is 40.7 Å². The van der Waals surface area contributed by atoms with E-state index in [0.29, 0.717) is 16.3 Å². The molecule has 1 heterocycles. The highest BCUT2D eigenvalue weighted by Gasteiger charge is 2.37. The Morgan fingerprint density at radius 2 is 1.51 bits per heavy atom. The first-order valence-electron chi connectivity index (χ1n) is 12.0. The van der Waals surface area contributed by atoms with E-state index in [0.717, 1.165) is 24.3 Å². The lowest BCUT2D eigenvalue weighted by Gasteiger charge is -2.22. The van der Waals surface area contributed by atoms with Crippen LogP contribution in [-0.4, -0.2) is 24.7 Å². The van der Waals surface area contributed by atoms with E-state index in [-0.39, 0.29) is 22.9 Å². The molecule has 0 saturated heterocycles. The molecule has 0 radical (unpaired) electrons. The molecule has 0 aromatic heterocycles. The Hall–Kier alpha value is -3.92. The second-order valence-electron chi connectivity index (χ2n) is 8.59. The first-order chi connectivity index (χ1) is 18.6. The largest absolute Gasteiger partial charge is 0.488 e. The fraction of sp³-hybridized carbons (Fsp3) is 0.214. The van der Waals surface area contributed by atoms with Gasteiger partial charge in [-0.25, -0.2) is 22.0 Å². The van der Waals surface area contributed by atoms with Gasteiger partial charge in [0.15, 0.2) is 23.3 Å². The maximum atomic E-state index is 14.4. The van der Waals surface area contributed by atoms with E-state index in [9.17, 15) is 26.7 Å². The molecule has 0 atom stereocenters. The van der Waals surface area contributed by atoms with Crippen molar-refractivity contribution in [3.63, 3.8) is 0 Å². The molecule has 39 heavy (non-hydrogen) atoms. The Labute approximate surface area is 226 Å². The van der Waals surface area contributed by atoms with E-state index in [1.54, 1.807) is 36.4 Å². The Morgan fingerprint density at radius 3 is 2.10 bits per heavy atom. The van der Waals surface area contributed by atoms with Crippen LogP contribution >= 0.6 is 11.6 Å². The Balaban J connectivity index is 1.73. The molecule has 1 amide bonds. The molecule has 1 aliphatic rings.